The molecule has 0 aliphatic carbocycles. The van der Waals surface area contributed by atoms with E-state index in [1.54, 1.807) is 0 Å². The molecule has 2 heterocycles. The van der Waals surface area contributed by atoms with E-state index in [4.69, 9.17) is 0 Å². The van der Waals surface area contributed by atoms with Gasteiger partial charge in [-0.15, -0.1) is 5.10 Å². The molecule has 0 radical (unpaired) electrons. The molecule has 102 valence electrons. The van der Waals surface area contributed by atoms with Gasteiger partial charge in [0.1, 0.15) is 0 Å². The number of aromatic nitrogens is 3. The van der Waals surface area contributed by atoms with Crippen molar-refractivity contribution < 1.29 is 0 Å². The van der Waals surface area contributed by atoms with Crippen LogP contribution in [-0.4, -0.2) is 14.6 Å². The second-order valence-electron chi connectivity index (χ2n) is 4.89. The molecule has 0 aliphatic rings. The van der Waals surface area contributed by atoms with Crippen molar-refractivity contribution in [1.82, 2.24) is 14.6 Å². The Morgan fingerprint density at radius 3 is 2.60 bits per heavy atom. The molecule has 1 atom stereocenters. The zero-order valence-electron chi connectivity index (χ0n) is 11.7. The number of hydrogen-bond acceptors (Lipinski definition) is 3. The van der Waals surface area contributed by atoms with Gasteiger partial charge in [0.25, 0.3) is 0 Å². The minimum Gasteiger partial charge on any atom is -0.346 e. The van der Waals surface area contributed by atoms with Crippen LogP contribution in [0.1, 0.15) is 30.6 Å². The van der Waals surface area contributed by atoms with Crippen LogP contribution in [0.15, 0.2) is 48.5 Å². The molecule has 1 unspecified atom stereocenters. The normalized spacial score (nSPS) is 12.5. The molecule has 4 nitrogen and oxygen atoms in total. The molecule has 0 saturated heterocycles. The zero-order chi connectivity index (χ0) is 13.9. The lowest BCUT2D eigenvalue weighted by molar-refractivity contribution is 0.736. The smallest absolute Gasteiger partial charge is 0.243 e. The second-order valence-corrected chi connectivity index (χ2v) is 4.89. The number of pyridine rings is 1. The average Bonchev–Trinajstić information content (AvgIpc) is 2.90. The van der Waals surface area contributed by atoms with E-state index in [2.05, 4.69) is 46.6 Å². The van der Waals surface area contributed by atoms with Gasteiger partial charge in [-0.05, 0) is 31.0 Å². The fourth-order valence-corrected chi connectivity index (χ4v) is 2.36. The van der Waals surface area contributed by atoms with E-state index in [0.717, 1.165) is 17.8 Å². The largest absolute Gasteiger partial charge is 0.346 e. The van der Waals surface area contributed by atoms with Gasteiger partial charge in [0.15, 0.2) is 5.65 Å². The predicted molar refractivity (Wildman–Crippen MR) is 80.8 cm³/mol. The lowest BCUT2D eigenvalue weighted by Crippen LogP contribution is -2.10. The van der Waals surface area contributed by atoms with Crippen molar-refractivity contribution in [1.29, 1.82) is 0 Å². The van der Waals surface area contributed by atoms with Gasteiger partial charge in [-0.3, -0.25) is 0 Å². The first-order valence-corrected chi connectivity index (χ1v) is 6.92. The van der Waals surface area contributed by atoms with Crippen LogP contribution < -0.4 is 5.32 Å². The van der Waals surface area contributed by atoms with Crippen LogP contribution in [0, 0.1) is 6.92 Å². The molecule has 20 heavy (non-hydrogen) atoms. The maximum absolute atomic E-state index is 4.53. The average molecular weight is 266 g/mol. The summed E-state index contributed by atoms with van der Waals surface area (Å²) in [4.78, 5) is 4.53. The van der Waals surface area contributed by atoms with Gasteiger partial charge in [-0.25, -0.2) is 4.52 Å². The van der Waals surface area contributed by atoms with Crippen LogP contribution in [0.4, 0.5) is 5.95 Å². The van der Waals surface area contributed by atoms with Gasteiger partial charge >= 0.3 is 0 Å². The van der Waals surface area contributed by atoms with E-state index >= 15 is 0 Å². The third-order valence-corrected chi connectivity index (χ3v) is 3.46. The van der Waals surface area contributed by atoms with Crippen LogP contribution in [0.3, 0.4) is 0 Å². The molecular weight excluding hydrogens is 248 g/mol. The summed E-state index contributed by atoms with van der Waals surface area (Å²) in [7, 11) is 0. The second kappa shape index (κ2) is 5.33. The molecule has 0 fully saturated rings. The number of benzene rings is 1. The monoisotopic (exact) mass is 266 g/mol. The van der Waals surface area contributed by atoms with Gasteiger partial charge in [0, 0.05) is 5.69 Å². The quantitative estimate of drug-likeness (QED) is 0.784. The van der Waals surface area contributed by atoms with Crippen molar-refractivity contribution >= 4 is 11.6 Å². The Morgan fingerprint density at radius 1 is 1.10 bits per heavy atom. The molecule has 0 saturated carbocycles. The number of nitrogens with one attached hydrogen (secondary N) is 1. The van der Waals surface area contributed by atoms with Crippen molar-refractivity contribution in [2.24, 2.45) is 0 Å². The maximum Gasteiger partial charge on any atom is 0.243 e. The minimum atomic E-state index is 0.230. The standard InChI is InChI=1S/C16H18N4/c1-3-14(13-9-5-4-6-10-13)17-16-18-15-11-7-8-12(2)20(15)19-16/h4-11,14H,3H2,1-2H3,(H,17,19). The Labute approximate surface area is 118 Å². The lowest BCUT2D eigenvalue weighted by Gasteiger charge is -2.15. The Kier molecular flexibility index (Phi) is 3.37. The molecular formula is C16H18N4. The number of fused-ring (bicyclic) bond motifs is 1. The van der Waals surface area contributed by atoms with Gasteiger partial charge < -0.3 is 5.32 Å². The highest BCUT2D eigenvalue weighted by Gasteiger charge is 2.12. The number of hydrogen-bond donors (Lipinski definition) is 1. The van der Waals surface area contributed by atoms with Crippen LogP contribution >= 0.6 is 0 Å². The first kappa shape index (κ1) is 12.7. The molecule has 3 aromatic rings. The molecule has 1 N–H and O–H groups in total. The molecule has 1 aromatic carbocycles. The lowest BCUT2D eigenvalue weighted by atomic mass is 10.1. The molecule has 0 bridgehead atoms. The highest BCUT2D eigenvalue weighted by Crippen LogP contribution is 2.21. The molecule has 0 amide bonds. The van der Waals surface area contributed by atoms with Crippen LogP contribution in [0.2, 0.25) is 0 Å². The van der Waals surface area contributed by atoms with E-state index in [0.29, 0.717) is 5.95 Å². The Balaban J connectivity index is 1.90. The van der Waals surface area contributed by atoms with E-state index in [9.17, 15) is 0 Å². The van der Waals surface area contributed by atoms with E-state index in [1.807, 2.05) is 35.7 Å². The summed E-state index contributed by atoms with van der Waals surface area (Å²) in [6.45, 7) is 4.19. The van der Waals surface area contributed by atoms with Gasteiger partial charge in [0.05, 0.1) is 6.04 Å². The van der Waals surface area contributed by atoms with E-state index in [1.165, 1.54) is 5.56 Å². The molecule has 0 aliphatic heterocycles. The SMILES string of the molecule is CCC(Nc1nc2cccc(C)n2n1)c1ccccc1. The van der Waals surface area contributed by atoms with Crippen molar-refractivity contribution in [2.75, 3.05) is 5.32 Å². The highest BCUT2D eigenvalue weighted by atomic mass is 15.4. The Hall–Kier alpha value is -2.36. The molecule has 2 aromatic heterocycles. The number of anilines is 1. The van der Waals surface area contributed by atoms with Gasteiger partial charge in [-0.2, -0.15) is 4.98 Å². The third-order valence-electron chi connectivity index (χ3n) is 3.46. The zero-order valence-corrected chi connectivity index (χ0v) is 11.7. The Morgan fingerprint density at radius 2 is 1.90 bits per heavy atom. The summed E-state index contributed by atoms with van der Waals surface area (Å²) in [5.74, 6) is 0.676. The fourth-order valence-electron chi connectivity index (χ4n) is 2.36. The van der Waals surface area contributed by atoms with Crippen LogP contribution in [-0.2, 0) is 0 Å². The van der Waals surface area contributed by atoms with Crippen molar-refractivity contribution in [3.63, 3.8) is 0 Å². The summed E-state index contributed by atoms with van der Waals surface area (Å²) in [6.07, 6.45) is 0.985. The minimum absolute atomic E-state index is 0.230. The number of rotatable bonds is 4. The summed E-state index contributed by atoms with van der Waals surface area (Å²) in [5, 5.41) is 7.94. The molecule has 4 heteroatoms. The Bertz CT molecular complexity index is 703. The number of aryl methyl sites for hydroxylation is 1. The maximum atomic E-state index is 4.53. The summed E-state index contributed by atoms with van der Waals surface area (Å²) in [5.41, 5.74) is 3.21. The molecule has 3 rings (SSSR count). The fraction of sp³-hybridized carbons (Fsp3) is 0.250. The summed E-state index contributed by atoms with van der Waals surface area (Å²) < 4.78 is 1.86. The van der Waals surface area contributed by atoms with Gasteiger partial charge in [-0.1, -0.05) is 43.3 Å². The predicted octanol–water partition coefficient (Wildman–Crippen LogP) is 3.60. The summed E-state index contributed by atoms with van der Waals surface area (Å²) >= 11 is 0. The van der Waals surface area contributed by atoms with Gasteiger partial charge in [0.2, 0.25) is 5.95 Å². The van der Waals surface area contributed by atoms with E-state index in [-0.39, 0.29) is 6.04 Å². The summed E-state index contributed by atoms with van der Waals surface area (Å²) in [6, 6.07) is 16.6. The van der Waals surface area contributed by atoms with Crippen LogP contribution in [0.25, 0.3) is 5.65 Å². The van der Waals surface area contributed by atoms with Crippen molar-refractivity contribution in [2.45, 2.75) is 26.3 Å². The van der Waals surface area contributed by atoms with Crippen molar-refractivity contribution in [3.05, 3.63) is 59.8 Å². The molecule has 0 spiro atoms. The van der Waals surface area contributed by atoms with Crippen molar-refractivity contribution in [3.8, 4) is 0 Å². The third kappa shape index (κ3) is 2.37. The topological polar surface area (TPSA) is 42.2 Å². The van der Waals surface area contributed by atoms with E-state index < -0.39 is 0 Å². The first-order chi connectivity index (χ1) is 9.78. The number of nitrogens with zero attached hydrogens (tertiary/aromatic N) is 3. The highest BCUT2D eigenvalue weighted by molar-refractivity contribution is 5.45. The van der Waals surface area contributed by atoms with Crippen LogP contribution in [0.5, 0.6) is 0 Å². The first-order valence-electron chi connectivity index (χ1n) is 6.92.